The largest absolute Gasteiger partial charge is 0.350 e. The molecular formula is C17H15Cl3N2O2. The molecule has 2 aromatic carbocycles. The van der Waals surface area contributed by atoms with Gasteiger partial charge in [0.05, 0.1) is 20.8 Å². The molecule has 0 unspecified atom stereocenters. The van der Waals surface area contributed by atoms with E-state index in [2.05, 4.69) is 5.32 Å². The number of benzene rings is 2. The number of amides is 2. The lowest BCUT2D eigenvalue weighted by molar-refractivity contribution is -0.116. The maximum absolute atomic E-state index is 12.1. The molecule has 0 bridgehead atoms. The number of carbonyl (C=O) groups is 2. The summed E-state index contributed by atoms with van der Waals surface area (Å²) in [6.07, 6.45) is 0. The van der Waals surface area contributed by atoms with E-state index in [4.69, 9.17) is 34.8 Å². The number of para-hydroxylation sites is 1. The van der Waals surface area contributed by atoms with Crippen LogP contribution in [0, 0.1) is 0 Å². The van der Waals surface area contributed by atoms with Gasteiger partial charge in [0.25, 0.3) is 5.91 Å². The molecule has 0 fully saturated rings. The average Bonchev–Trinajstić information content (AvgIpc) is 2.54. The van der Waals surface area contributed by atoms with Gasteiger partial charge in [-0.25, -0.2) is 0 Å². The SMILES string of the molecule is CC(=O)N(CCNC(=O)c1ccc(Cl)c(Cl)c1)c1ccccc1Cl. The topological polar surface area (TPSA) is 49.4 Å². The van der Waals surface area contributed by atoms with Gasteiger partial charge in [0.1, 0.15) is 0 Å². The highest BCUT2D eigenvalue weighted by Gasteiger charge is 2.15. The Labute approximate surface area is 155 Å². The van der Waals surface area contributed by atoms with E-state index < -0.39 is 0 Å². The number of rotatable bonds is 5. The first-order chi connectivity index (χ1) is 11.4. The quantitative estimate of drug-likeness (QED) is 0.827. The maximum Gasteiger partial charge on any atom is 0.251 e. The Morgan fingerprint density at radius 1 is 1.00 bits per heavy atom. The van der Waals surface area contributed by atoms with Crippen molar-refractivity contribution in [3.05, 3.63) is 63.1 Å². The number of halogens is 3. The predicted molar refractivity (Wildman–Crippen MR) is 98.3 cm³/mol. The summed E-state index contributed by atoms with van der Waals surface area (Å²) in [7, 11) is 0. The van der Waals surface area contributed by atoms with Crippen LogP contribution < -0.4 is 10.2 Å². The molecule has 0 saturated heterocycles. The zero-order chi connectivity index (χ0) is 17.7. The molecule has 0 heterocycles. The van der Waals surface area contributed by atoms with Crippen LogP contribution in [0.4, 0.5) is 5.69 Å². The molecule has 126 valence electrons. The van der Waals surface area contributed by atoms with Crippen LogP contribution in [-0.4, -0.2) is 24.9 Å². The normalized spacial score (nSPS) is 10.3. The Hall–Kier alpha value is -1.75. The van der Waals surface area contributed by atoms with Crippen LogP contribution in [0.2, 0.25) is 15.1 Å². The van der Waals surface area contributed by atoms with Crippen molar-refractivity contribution in [2.45, 2.75) is 6.92 Å². The lowest BCUT2D eigenvalue weighted by atomic mass is 10.2. The van der Waals surface area contributed by atoms with Crippen molar-refractivity contribution in [2.24, 2.45) is 0 Å². The van der Waals surface area contributed by atoms with Crippen molar-refractivity contribution in [1.82, 2.24) is 5.32 Å². The van der Waals surface area contributed by atoms with Gasteiger partial charge in [-0.2, -0.15) is 0 Å². The predicted octanol–water partition coefficient (Wildman–Crippen LogP) is 4.43. The molecule has 2 rings (SSSR count). The molecule has 7 heteroatoms. The minimum Gasteiger partial charge on any atom is -0.350 e. The van der Waals surface area contributed by atoms with Crippen LogP contribution in [0.5, 0.6) is 0 Å². The third-order valence-electron chi connectivity index (χ3n) is 3.33. The fraction of sp³-hybridized carbons (Fsp3) is 0.176. The maximum atomic E-state index is 12.1. The van der Waals surface area contributed by atoms with Gasteiger partial charge < -0.3 is 10.2 Å². The second-order valence-electron chi connectivity index (χ2n) is 5.01. The zero-order valence-corrected chi connectivity index (χ0v) is 15.1. The van der Waals surface area contributed by atoms with E-state index in [1.54, 1.807) is 36.4 Å². The molecule has 4 nitrogen and oxygen atoms in total. The van der Waals surface area contributed by atoms with Gasteiger partial charge in [0, 0.05) is 25.6 Å². The lowest BCUT2D eigenvalue weighted by Crippen LogP contribution is -2.37. The van der Waals surface area contributed by atoms with E-state index >= 15 is 0 Å². The Morgan fingerprint density at radius 3 is 2.33 bits per heavy atom. The van der Waals surface area contributed by atoms with Crippen LogP contribution in [0.1, 0.15) is 17.3 Å². The number of carbonyl (C=O) groups excluding carboxylic acids is 2. The summed E-state index contributed by atoms with van der Waals surface area (Å²) in [5.41, 5.74) is 1.01. The smallest absolute Gasteiger partial charge is 0.251 e. The molecule has 0 aromatic heterocycles. The minimum atomic E-state index is -0.295. The van der Waals surface area contributed by atoms with E-state index in [1.165, 1.54) is 17.9 Å². The van der Waals surface area contributed by atoms with Gasteiger partial charge in [0.15, 0.2) is 0 Å². The highest BCUT2D eigenvalue weighted by Crippen LogP contribution is 2.25. The first kappa shape index (κ1) is 18.6. The van der Waals surface area contributed by atoms with Crippen LogP contribution in [0.15, 0.2) is 42.5 Å². The van der Waals surface area contributed by atoms with Gasteiger partial charge in [-0.15, -0.1) is 0 Å². The Balaban J connectivity index is 2.00. The lowest BCUT2D eigenvalue weighted by Gasteiger charge is -2.22. The average molecular weight is 386 g/mol. The summed E-state index contributed by atoms with van der Waals surface area (Å²) in [4.78, 5) is 25.5. The van der Waals surface area contributed by atoms with Gasteiger partial charge >= 0.3 is 0 Å². The summed E-state index contributed by atoms with van der Waals surface area (Å²) < 4.78 is 0. The molecule has 0 atom stereocenters. The van der Waals surface area contributed by atoms with Crippen LogP contribution in [-0.2, 0) is 4.79 Å². The Bertz CT molecular complexity index is 765. The zero-order valence-electron chi connectivity index (χ0n) is 12.9. The molecular weight excluding hydrogens is 371 g/mol. The second kappa shape index (κ2) is 8.38. The van der Waals surface area contributed by atoms with E-state index in [-0.39, 0.29) is 18.4 Å². The summed E-state index contributed by atoms with van der Waals surface area (Å²) in [5.74, 6) is -0.455. The van der Waals surface area contributed by atoms with Crippen molar-refractivity contribution < 1.29 is 9.59 Å². The number of nitrogens with zero attached hydrogens (tertiary/aromatic N) is 1. The molecule has 2 aromatic rings. The molecule has 0 spiro atoms. The molecule has 0 radical (unpaired) electrons. The van der Waals surface area contributed by atoms with Crippen molar-refractivity contribution in [3.63, 3.8) is 0 Å². The van der Waals surface area contributed by atoms with Crippen molar-refractivity contribution in [2.75, 3.05) is 18.0 Å². The highest BCUT2D eigenvalue weighted by atomic mass is 35.5. The van der Waals surface area contributed by atoms with E-state index in [9.17, 15) is 9.59 Å². The third-order valence-corrected chi connectivity index (χ3v) is 4.38. The van der Waals surface area contributed by atoms with E-state index in [0.29, 0.717) is 32.9 Å². The molecule has 0 saturated carbocycles. The van der Waals surface area contributed by atoms with Crippen molar-refractivity contribution in [1.29, 1.82) is 0 Å². The van der Waals surface area contributed by atoms with Gasteiger partial charge in [-0.05, 0) is 30.3 Å². The number of anilines is 1. The molecule has 0 aliphatic carbocycles. The Morgan fingerprint density at radius 2 is 1.71 bits per heavy atom. The second-order valence-corrected chi connectivity index (χ2v) is 6.23. The summed E-state index contributed by atoms with van der Waals surface area (Å²) in [5, 5.41) is 3.91. The van der Waals surface area contributed by atoms with Crippen LogP contribution in [0.3, 0.4) is 0 Å². The summed E-state index contributed by atoms with van der Waals surface area (Å²) >= 11 is 17.9. The molecule has 24 heavy (non-hydrogen) atoms. The first-order valence-electron chi connectivity index (χ1n) is 7.16. The number of hydrogen-bond donors (Lipinski definition) is 1. The fourth-order valence-corrected chi connectivity index (χ4v) is 2.67. The third kappa shape index (κ3) is 4.63. The molecule has 2 amide bonds. The van der Waals surface area contributed by atoms with Crippen LogP contribution >= 0.6 is 34.8 Å². The van der Waals surface area contributed by atoms with Gasteiger partial charge in [-0.1, -0.05) is 46.9 Å². The van der Waals surface area contributed by atoms with E-state index in [1.807, 2.05) is 0 Å². The Kier molecular flexibility index (Phi) is 6.49. The van der Waals surface area contributed by atoms with Crippen LogP contribution in [0.25, 0.3) is 0 Å². The van der Waals surface area contributed by atoms with Gasteiger partial charge in [-0.3, -0.25) is 9.59 Å². The molecule has 0 aliphatic heterocycles. The number of nitrogens with one attached hydrogen (secondary N) is 1. The standard InChI is InChI=1S/C17H15Cl3N2O2/c1-11(23)22(16-5-3-2-4-14(16)19)9-8-21-17(24)12-6-7-13(18)15(20)10-12/h2-7,10H,8-9H2,1H3,(H,21,24). The molecule has 0 aliphatic rings. The van der Waals surface area contributed by atoms with Gasteiger partial charge in [0.2, 0.25) is 5.91 Å². The van der Waals surface area contributed by atoms with E-state index in [0.717, 1.165) is 0 Å². The number of hydrogen-bond acceptors (Lipinski definition) is 2. The van der Waals surface area contributed by atoms with Crippen molar-refractivity contribution >= 4 is 52.3 Å². The summed E-state index contributed by atoms with van der Waals surface area (Å²) in [6, 6.07) is 11.7. The fourth-order valence-electron chi connectivity index (χ4n) is 2.14. The molecule has 1 N–H and O–H groups in total. The monoisotopic (exact) mass is 384 g/mol. The summed E-state index contributed by atoms with van der Waals surface area (Å²) in [6.45, 7) is 2.01. The first-order valence-corrected chi connectivity index (χ1v) is 8.29. The minimum absolute atomic E-state index is 0.160. The van der Waals surface area contributed by atoms with Crippen molar-refractivity contribution in [3.8, 4) is 0 Å². The highest BCUT2D eigenvalue weighted by molar-refractivity contribution is 6.42.